The second kappa shape index (κ2) is 6.14. The number of rotatable bonds is 2. The zero-order chi connectivity index (χ0) is 10.7. The smallest absolute Gasteiger partial charge is 0.148 e. The van der Waals surface area contributed by atoms with E-state index in [9.17, 15) is 4.39 Å². The van der Waals surface area contributed by atoms with E-state index in [2.05, 4.69) is 0 Å². The summed E-state index contributed by atoms with van der Waals surface area (Å²) >= 11 is 11.3. The molecule has 0 bridgehead atoms. The second-order valence-electron chi connectivity index (χ2n) is 2.73. The molecule has 0 saturated carbocycles. The summed E-state index contributed by atoms with van der Waals surface area (Å²) < 4.78 is 13.4. The minimum Gasteiger partial charge on any atom is -0.323 e. The number of nitriles is 1. The number of halogens is 4. The highest BCUT2D eigenvalue weighted by Gasteiger charge is 2.17. The van der Waals surface area contributed by atoms with E-state index in [0.29, 0.717) is 0 Å². The van der Waals surface area contributed by atoms with Gasteiger partial charge in [-0.15, -0.1) is 12.4 Å². The molecule has 1 aromatic carbocycles. The number of nitrogens with zero attached hydrogens (tertiary/aromatic N) is 1. The Balaban J connectivity index is 0.00000196. The van der Waals surface area contributed by atoms with E-state index < -0.39 is 11.9 Å². The van der Waals surface area contributed by atoms with Crippen LogP contribution in [0.2, 0.25) is 10.0 Å². The summed E-state index contributed by atoms with van der Waals surface area (Å²) in [6, 6.07) is 3.91. The van der Waals surface area contributed by atoms with Crippen LogP contribution in [0.15, 0.2) is 12.1 Å². The molecule has 15 heavy (non-hydrogen) atoms. The molecule has 0 heterocycles. The summed E-state index contributed by atoms with van der Waals surface area (Å²) in [6.45, 7) is 0. The fourth-order valence-electron chi connectivity index (χ4n) is 1.08. The Morgan fingerprint density at radius 3 is 2.47 bits per heavy atom. The van der Waals surface area contributed by atoms with Gasteiger partial charge in [-0.25, -0.2) is 4.39 Å². The van der Waals surface area contributed by atoms with Crippen LogP contribution in [0.25, 0.3) is 0 Å². The predicted octanol–water partition coefficient (Wildman–Crippen LogP) is 3.47. The number of hydrogen-bond acceptors (Lipinski definition) is 2. The topological polar surface area (TPSA) is 49.8 Å². The van der Waals surface area contributed by atoms with Crippen molar-refractivity contribution in [3.8, 4) is 6.07 Å². The van der Waals surface area contributed by atoms with Gasteiger partial charge in [-0.3, -0.25) is 0 Å². The quantitative estimate of drug-likeness (QED) is 0.836. The molecule has 0 spiro atoms. The fraction of sp³-hybridized carbons (Fsp3) is 0.222. The molecule has 0 unspecified atom stereocenters. The normalized spacial score (nSPS) is 11.4. The predicted molar refractivity (Wildman–Crippen MR) is 60.8 cm³/mol. The molecule has 2 nitrogen and oxygen atoms in total. The molecule has 6 heteroatoms. The standard InChI is InChI=1S/C9H7Cl2FN2.ClH/c10-5-1-2-6(11)9(12)8(5)7(14)3-4-13;/h1-2,7H,3,14H2;1H/t7-;/m0./s1. The van der Waals surface area contributed by atoms with Crippen molar-refractivity contribution in [2.45, 2.75) is 12.5 Å². The van der Waals surface area contributed by atoms with Crippen LogP contribution in [-0.4, -0.2) is 0 Å². The Kier molecular flexibility index (Phi) is 5.92. The van der Waals surface area contributed by atoms with E-state index in [1.807, 2.05) is 6.07 Å². The Morgan fingerprint density at radius 2 is 1.93 bits per heavy atom. The van der Waals surface area contributed by atoms with Crippen LogP contribution in [0.5, 0.6) is 0 Å². The van der Waals surface area contributed by atoms with Gasteiger partial charge in [-0.2, -0.15) is 5.26 Å². The Hall–Kier alpha value is -0.530. The summed E-state index contributed by atoms with van der Waals surface area (Å²) in [5.74, 6) is -0.651. The van der Waals surface area contributed by atoms with Gasteiger partial charge >= 0.3 is 0 Å². The molecule has 0 aromatic heterocycles. The van der Waals surface area contributed by atoms with E-state index in [1.54, 1.807) is 0 Å². The van der Waals surface area contributed by atoms with Crippen molar-refractivity contribution < 1.29 is 4.39 Å². The van der Waals surface area contributed by atoms with Gasteiger partial charge in [0.05, 0.1) is 17.5 Å². The molecule has 82 valence electrons. The molecule has 0 aliphatic rings. The summed E-state index contributed by atoms with van der Waals surface area (Å²) in [6.07, 6.45) is -0.00299. The van der Waals surface area contributed by atoms with Crippen molar-refractivity contribution >= 4 is 35.6 Å². The van der Waals surface area contributed by atoms with Gasteiger partial charge in [0.25, 0.3) is 0 Å². The Morgan fingerprint density at radius 1 is 1.40 bits per heavy atom. The van der Waals surface area contributed by atoms with Crippen LogP contribution in [0.4, 0.5) is 4.39 Å². The Labute approximate surface area is 103 Å². The maximum Gasteiger partial charge on any atom is 0.148 e. The first-order chi connectivity index (χ1) is 6.57. The first-order valence-corrected chi connectivity index (χ1v) is 4.59. The third-order valence-electron chi connectivity index (χ3n) is 1.76. The molecule has 0 amide bonds. The van der Waals surface area contributed by atoms with E-state index >= 15 is 0 Å². The van der Waals surface area contributed by atoms with Gasteiger partial charge in [-0.1, -0.05) is 23.2 Å². The van der Waals surface area contributed by atoms with Crippen molar-refractivity contribution in [3.63, 3.8) is 0 Å². The highest BCUT2D eigenvalue weighted by Crippen LogP contribution is 2.30. The molecule has 2 N–H and O–H groups in total. The van der Waals surface area contributed by atoms with Crippen molar-refractivity contribution in [2.75, 3.05) is 0 Å². The van der Waals surface area contributed by atoms with Gasteiger partial charge in [0.1, 0.15) is 5.82 Å². The third kappa shape index (κ3) is 3.22. The molecule has 1 aromatic rings. The number of nitrogens with two attached hydrogens (primary N) is 1. The van der Waals surface area contributed by atoms with Gasteiger partial charge in [-0.05, 0) is 12.1 Å². The lowest BCUT2D eigenvalue weighted by molar-refractivity contribution is 0.585. The molecule has 0 aliphatic carbocycles. The highest BCUT2D eigenvalue weighted by molar-refractivity contribution is 6.33. The van der Waals surface area contributed by atoms with Crippen LogP contribution >= 0.6 is 35.6 Å². The third-order valence-corrected chi connectivity index (χ3v) is 2.38. The van der Waals surface area contributed by atoms with Crippen LogP contribution < -0.4 is 5.73 Å². The average molecular weight is 270 g/mol. The van der Waals surface area contributed by atoms with Crippen LogP contribution in [0, 0.1) is 17.1 Å². The molecule has 0 fully saturated rings. The molecule has 1 rings (SSSR count). The lowest BCUT2D eigenvalue weighted by Crippen LogP contribution is -2.12. The van der Waals surface area contributed by atoms with Crippen molar-refractivity contribution in [1.82, 2.24) is 0 Å². The van der Waals surface area contributed by atoms with Crippen molar-refractivity contribution in [1.29, 1.82) is 5.26 Å². The van der Waals surface area contributed by atoms with Crippen LogP contribution in [-0.2, 0) is 0 Å². The minimum absolute atomic E-state index is 0. The van der Waals surface area contributed by atoms with Crippen molar-refractivity contribution in [3.05, 3.63) is 33.6 Å². The summed E-state index contributed by atoms with van der Waals surface area (Å²) in [4.78, 5) is 0. The lowest BCUT2D eigenvalue weighted by atomic mass is 10.0. The first kappa shape index (κ1) is 14.5. The van der Waals surface area contributed by atoms with Gasteiger partial charge in [0.2, 0.25) is 0 Å². The van der Waals surface area contributed by atoms with Gasteiger partial charge < -0.3 is 5.73 Å². The molecule has 0 radical (unpaired) electrons. The van der Waals surface area contributed by atoms with Crippen molar-refractivity contribution in [2.24, 2.45) is 5.73 Å². The zero-order valence-corrected chi connectivity index (χ0v) is 9.83. The second-order valence-corrected chi connectivity index (χ2v) is 3.54. The Bertz CT molecular complexity index is 390. The maximum atomic E-state index is 13.4. The summed E-state index contributed by atoms with van der Waals surface area (Å²) in [5, 5.41) is 8.57. The highest BCUT2D eigenvalue weighted by atomic mass is 35.5. The fourth-order valence-corrected chi connectivity index (χ4v) is 1.53. The largest absolute Gasteiger partial charge is 0.323 e. The van der Waals surface area contributed by atoms with E-state index in [1.165, 1.54) is 12.1 Å². The molecular weight excluding hydrogens is 261 g/mol. The average Bonchev–Trinajstić information content (AvgIpc) is 2.13. The monoisotopic (exact) mass is 268 g/mol. The number of benzene rings is 1. The summed E-state index contributed by atoms with van der Waals surface area (Å²) in [7, 11) is 0. The molecular formula is C9H8Cl3FN2. The lowest BCUT2D eigenvalue weighted by Gasteiger charge is -2.11. The number of hydrogen-bond donors (Lipinski definition) is 1. The van der Waals surface area contributed by atoms with Crippen LogP contribution in [0.1, 0.15) is 18.0 Å². The summed E-state index contributed by atoms with van der Waals surface area (Å²) in [5.41, 5.74) is 5.67. The first-order valence-electron chi connectivity index (χ1n) is 3.84. The molecule has 0 aliphatic heterocycles. The van der Waals surface area contributed by atoms with Gasteiger partial charge in [0, 0.05) is 16.6 Å². The molecule has 1 atom stereocenters. The van der Waals surface area contributed by atoms with E-state index in [0.717, 1.165) is 0 Å². The van der Waals surface area contributed by atoms with Gasteiger partial charge in [0.15, 0.2) is 0 Å². The van der Waals surface area contributed by atoms with E-state index in [4.69, 9.17) is 34.2 Å². The maximum absolute atomic E-state index is 13.4. The van der Waals surface area contributed by atoms with E-state index in [-0.39, 0.29) is 34.4 Å². The van der Waals surface area contributed by atoms with Crippen LogP contribution in [0.3, 0.4) is 0 Å². The SMILES string of the molecule is Cl.N#CC[C@H](N)c1c(Cl)ccc(Cl)c1F. The molecule has 0 saturated heterocycles. The minimum atomic E-state index is -0.744. The zero-order valence-electron chi connectivity index (χ0n) is 7.51.